The molecule has 1 fully saturated rings. The molecule has 0 radical (unpaired) electrons. The Balaban J connectivity index is 2.18. The minimum Gasteiger partial charge on any atom is -0.445 e. The van der Waals surface area contributed by atoms with Gasteiger partial charge in [0.1, 0.15) is 6.10 Å². The summed E-state index contributed by atoms with van der Waals surface area (Å²) < 4.78 is 15.9. The molecular formula is C9H14N2O6. The molecular weight excluding hydrogens is 232 g/mol. The predicted molar refractivity (Wildman–Crippen MR) is 52.4 cm³/mol. The Morgan fingerprint density at radius 1 is 1.35 bits per heavy atom. The quantitative estimate of drug-likeness (QED) is 0.484. The summed E-state index contributed by atoms with van der Waals surface area (Å²) in [4.78, 5) is 20.3. The fourth-order valence-electron chi connectivity index (χ4n) is 1.79. The Bertz CT molecular complexity index is 366. The number of hydrogen-bond donors (Lipinski definition) is 2. The van der Waals surface area contributed by atoms with Crippen LogP contribution in [0.25, 0.3) is 0 Å². The van der Waals surface area contributed by atoms with Gasteiger partial charge < -0.3 is 23.9 Å². The maximum Gasteiger partial charge on any atom is 0.380 e. The second-order valence-electron chi connectivity index (χ2n) is 4.12. The number of nitrogens with two attached hydrogens (primary N) is 2. The van der Waals surface area contributed by atoms with Crippen LogP contribution in [0.4, 0.5) is 0 Å². The Labute approximate surface area is 97.3 Å². The van der Waals surface area contributed by atoms with Crippen LogP contribution in [-0.4, -0.2) is 30.6 Å². The van der Waals surface area contributed by atoms with Crippen LogP contribution in [0, 0.1) is 0 Å². The summed E-state index contributed by atoms with van der Waals surface area (Å²) in [6.45, 7) is 3.74. The van der Waals surface area contributed by atoms with Gasteiger partial charge >= 0.3 is 5.97 Å². The van der Waals surface area contributed by atoms with Gasteiger partial charge in [-0.05, 0) is 13.8 Å². The molecule has 2 rings (SSSR count). The Kier molecular flexibility index (Phi) is 2.96. The first-order chi connectivity index (χ1) is 7.98. The van der Waals surface area contributed by atoms with Crippen LogP contribution in [0.5, 0.6) is 0 Å². The molecule has 96 valence electrons. The lowest BCUT2D eigenvalue weighted by Crippen LogP contribution is -2.34. The number of esters is 1. The normalized spacial score (nSPS) is 31.6. The van der Waals surface area contributed by atoms with Crippen molar-refractivity contribution >= 4 is 5.97 Å². The van der Waals surface area contributed by atoms with E-state index >= 15 is 0 Å². The third-order valence-electron chi connectivity index (χ3n) is 2.51. The SMILES string of the molecule is CC1(C)OCC(C2OC(=O)C(ON)=C2ON)O1. The number of rotatable bonds is 3. The number of hydrogen-bond acceptors (Lipinski definition) is 8. The number of carbonyl (C=O) groups is 1. The van der Waals surface area contributed by atoms with Crippen LogP contribution < -0.4 is 11.8 Å². The van der Waals surface area contributed by atoms with Crippen LogP contribution in [0.1, 0.15) is 13.8 Å². The average Bonchev–Trinajstić information content (AvgIpc) is 2.78. The van der Waals surface area contributed by atoms with Crippen LogP contribution in [0.15, 0.2) is 11.5 Å². The van der Waals surface area contributed by atoms with Crippen molar-refractivity contribution < 1.29 is 28.7 Å². The van der Waals surface area contributed by atoms with Gasteiger partial charge in [-0.1, -0.05) is 0 Å². The van der Waals surface area contributed by atoms with Gasteiger partial charge in [0.15, 0.2) is 11.9 Å². The molecule has 0 aliphatic carbocycles. The lowest BCUT2D eigenvalue weighted by Gasteiger charge is -2.20. The monoisotopic (exact) mass is 246 g/mol. The van der Waals surface area contributed by atoms with Gasteiger partial charge in [-0.3, -0.25) is 0 Å². The molecule has 2 aliphatic heterocycles. The fourth-order valence-corrected chi connectivity index (χ4v) is 1.79. The summed E-state index contributed by atoms with van der Waals surface area (Å²) in [5.41, 5.74) is 0. The zero-order valence-electron chi connectivity index (χ0n) is 9.47. The number of ether oxygens (including phenoxy) is 3. The Morgan fingerprint density at radius 3 is 2.53 bits per heavy atom. The molecule has 2 atom stereocenters. The van der Waals surface area contributed by atoms with Crippen LogP contribution in [-0.2, 0) is 28.7 Å². The highest BCUT2D eigenvalue weighted by Gasteiger charge is 2.48. The molecule has 4 N–H and O–H groups in total. The zero-order valence-corrected chi connectivity index (χ0v) is 9.47. The minimum absolute atomic E-state index is 0.00352. The third kappa shape index (κ3) is 2.07. The maximum atomic E-state index is 11.4. The summed E-state index contributed by atoms with van der Waals surface area (Å²) in [7, 11) is 0. The summed E-state index contributed by atoms with van der Waals surface area (Å²) in [5.74, 6) is 8.26. The largest absolute Gasteiger partial charge is 0.445 e. The lowest BCUT2D eigenvalue weighted by atomic mass is 10.2. The summed E-state index contributed by atoms with van der Waals surface area (Å²) in [5, 5.41) is 0. The molecule has 2 aliphatic rings. The molecule has 8 heteroatoms. The van der Waals surface area contributed by atoms with Gasteiger partial charge in [0.2, 0.25) is 5.76 Å². The van der Waals surface area contributed by atoms with Gasteiger partial charge in [0.05, 0.1) is 6.61 Å². The van der Waals surface area contributed by atoms with Gasteiger partial charge in [-0.2, -0.15) is 11.8 Å². The van der Waals surface area contributed by atoms with E-state index in [4.69, 9.17) is 26.0 Å². The molecule has 0 aromatic rings. The van der Waals surface area contributed by atoms with Crippen molar-refractivity contribution in [2.75, 3.05) is 6.61 Å². The van der Waals surface area contributed by atoms with E-state index in [2.05, 4.69) is 9.68 Å². The van der Waals surface area contributed by atoms with Gasteiger partial charge in [0, 0.05) is 0 Å². The predicted octanol–water partition coefficient (Wildman–Crippen LogP) is -0.944. The number of carbonyl (C=O) groups excluding carboxylic acids is 1. The second kappa shape index (κ2) is 4.15. The zero-order chi connectivity index (χ0) is 12.6. The van der Waals surface area contributed by atoms with Crippen molar-refractivity contribution in [3.63, 3.8) is 0 Å². The number of cyclic esters (lactones) is 1. The van der Waals surface area contributed by atoms with Gasteiger partial charge in [-0.25, -0.2) is 4.79 Å². The van der Waals surface area contributed by atoms with E-state index in [0.29, 0.717) is 0 Å². The lowest BCUT2D eigenvalue weighted by molar-refractivity contribution is -0.163. The van der Waals surface area contributed by atoms with Crippen molar-refractivity contribution in [2.45, 2.75) is 31.8 Å². The smallest absolute Gasteiger partial charge is 0.380 e. The first kappa shape index (κ1) is 12.1. The molecule has 0 bridgehead atoms. The molecule has 8 nitrogen and oxygen atoms in total. The van der Waals surface area contributed by atoms with E-state index in [1.807, 2.05) is 0 Å². The highest BCUT2D eigenvalue weighted by atomic mass is 16.8. The van der Waals surface area contributed by atoms with Crippen molar-refractivity contribution in [3.8, 4) is 0 Å². The maximum absolute atomic E-state index is 11.4. The van der Waals surface area contributed by atoms with Crippen LogP contribution in [0.2, 0.25) is 0 Å². The van der Waals surface area contributed by atoms with Crippen molar-refractivity contribution in [3.05, 3.63) is 11.5 Å². The topological polar surface area (TPSA) is 115 Å². The minimum atomic E-state index is -0.812. The van der Waals surface area contributed by atoms with Crippen molar-refractivity contribution in [1.82, 2.24) is 0 Å². The van der Waals surface area contributed by atoms with Crippen LogP contribution >= 0.6 is 0 Å². The average molecular weight is 246 g/mol. The molecule has 2 unspecified atom stereocenters. The molecule has 0 saturated carbocycles. The van der Waals surface area contributed by atoms with Crippen molar-refractivity contribution in [2.24, 2.45) is 11.8 Å². The summed E-state index contributed by atoms with van der Waals surface area (Å²) in [6.07, 6.45) is -1.33. The highest BCUT2D eigenvalue weighted by molar-refractivity contribution is 5.89. The molecule has 1 saturated heterocycles. The molecule has 0 amide bonds. The van der Waals surface area contributed by atoms with E-state index in [1.165, 1.54) is 0 Å². The van der Waals surface area contributed by atoms with Crippen molar-refractivity contribution in [1.29, 1.82) is 0 Å². The molecule has 0 aromatic carbocycles. The highest BCUT2D eigenvalue weighted by Crippen LogP contribution is 2.32. The summed E-state index contributed by atoms with van der Waals surface area (Å²) >= 11 is 0. The molecule has 17 heavy (non-hydrogen) atoms. The molecule has 0 aromatic heterocycles. The third-order valence-corrected chi connectivity index (χ3v) is 2.51. The van der Waals surface area contributed by atoms with Gasteiger partial charge in [0.25, 0.3) is 5.76 Å². The summed E-state index contributed by atoms with van der Waals surface area (Å²) in [6, 6.07) is 0. The molecule has 2 heterocycles. The van der Waals surface area contributed by atoms with E-state index in [0.717, 1.165) is 0 Å². The van der Waals surface area contributed by atoms with E-state index in [-0.39, 0.29) is 18.1 Å². The second-order valence-corrected chi connectivity index (χ2v) is 4.12. The Morgan fingerprint density at radius 2 is 2.06 bits per heavy atom. The van der Waals surface area contributed by atoms with E-state index in [1.54, 1.807) is 13.8 Å². The molecule has 0 spiro atoms. The standard InChI is InChI=1S/C9H14N2O6/c1-9(2)13-3-4(15-9)5-6(16-10)7(17-11)8(12)14-5/h4-5H,3,10-11H2,1-2H3. The van der Waals surface area contributed by atoms with E-state index < -0.39 is 24.0 Å². The Hall–Kier alpha value is -1.35. The van der Waals surface area contributed by atoms with Gasteiger partial charge in [-0.15, -0.1) is 0 Å². The fraction of sp³-hybridized carbons (Fsp3) is 0.667. The van der Waals surface area contributed by atoms with E-state index in [9.17, 15) is 4.79 Å². The van der Waals surface area contributed by atoms with Crippen LogP contribution in [0.3, 0.4) is 0 Å². The first-order valence-electron chi connectivity index (χ1n) is 4.99. The first-order valence-corrected chi connectivity index (χ1v) is 4.99.